The Morgan fingerprint density at radius 3 is 1.33 bits per heavy atom. The molecule has 0 amide bonds. The Hall–Kier alpha value is -3.54. The highest BCUT2D eigenvalue weighted by atomic mass is 16.1. The van der Waals surface area contributed by atoms with Gasteiger partial charge in [-0.2, -0.15) is 0 Å². The van der Waals surface area contributed by atoms with Gasteiger partial charge in [0.05, 0.1) is 11.4 Å². The van der Waals surface area contributed by atoms with E-state index in [2.05, 4.69) is 0 Å². The number of benzene rings is 2. The van der Waals surface area contributed by atoms with Crippen LogP contribution in [0.25, 0.3) is 43.6 Å². The molecule has 0 spiro atoms. The summed E-state index contributed by atoms with van der Waals surface area (Å²) in [7, 11) is 0. The molecule has 0 atom stereocenters. The lowest BCUT2D eigenvalue weighted by Crippen LogP contribution is -2.19. The average Bonchev–Trinajstić information content (AvgIpc) is 3.39. The zero-order valence-electron chi connectivity index (χ0n) is 20.4. The van der Waals surface area contributed by atoms with Crippen LogP contribution in [0.4, 0.5) is 0 Å². The van der Waals surface area contributed by atoms with Gasteiger partial charge in [0.15, 0.2) is 0 Å². The van der Waals surface area contributed by atoms with Crippen molar-refractivity contribution < 1.29 is 0 Å². The first kappa shape index (κ1) is 20.6. The molecule has 0 bridgehead atoms. The Bertz CT molecular complexity index is 1810. The maximum absolute atomic E-state index is 13.9. The van der Waals surface area contributed by atoms with E-state index in [9.17, 15) is 9.59 Å². The number of aromatic nitrogens is 4. The first-order valence-corrected chi connectivity index (χ1v) is 13.6. The molecular weight excluding hydrogens is 448 g/mol. The van der Waals surface area contributed by atoms with Crippen molar-refractivity contribution >= 4 is 43.6 Å². The summed E-state index contributed by atoms with van der Waals surface area (Å²) in [6.45, 7) is 0. The fourth-order valence-corrected chi connectivity index (χ4v) is 7.05. The van der Waals surface area contributed by atoms with Crippen molar-refractivity contribution in [2.75, 3.05) is 0 Å². The summed E-state index contributed by atoms with van der Waals surface area (Å²) in [6, 6.07) is 7.95. The van der Waals surface area contributed by atoms with E-state index in [1.54, 1.807) is 0 Å². The molecule has 0 saturated carbocycles. The molecule has 2 aliphatic carbocycles. The summed E-state index contributed by atoms with van der Waals surface area (Å²) in [5.74, 6) is 0. The van der Waals surface area contributed by atoms with Gasteiger partial charge in [0.2, 0.25) is 0 Å². The molecule has 4 heterocycles. The number of aryl methyl sites for hydroxylation is 4. The number of hydrogen-bond donors (Lipinski definition) is 0. The lowest BCUT2D eigenvalue weighted by atomic mass is 9.96. The Morgan fingerprint density at radius 2 is 0.889 bits per heavy atom. The lowest BCUT2D eigenvalue weighted by Gasteiger charge is -2.13. The van der Waals surface area contributed by atoms with Crippen molar-refractivity contribution in [3.05, 3.63) is 67.7 Å². The second-order valence-corrected chi connectivity index (χ2v) is 10.8. The van der Waals surface area contributed by atoms with E-state index in [0.717, 1.165) is 107 Å². The molecule has 0 unspecified atom stereocenters. The third-order valence-corrected chi connectivity index (χ3v) is 8.78. The SMILES string of the molecule is O=c1c2ccc3c4c(ccc(c24)c2nc4c(n12)CCCCCC4)c(=O)n1c2c(nc31)CCCCCC2. The molecule has 0 N–H and O–H groups in total. The van der Waals surface area contributed by atoms with Crippen LogP contribution in [0.15, 0.2) is 33.9 Å². The summed E-state index contributed by atoms with van der Waals surface area (Å²) in [4.78, 5) is 38.0. The van der Waals surface area contributed by atoms with Gasteiger partial charge in [-0.25, -0.2) is 9.97 Å². The highest BCUT2D eigenvalue weighted by Crippen LogP contribution is 2.37. The summed E-state index contributed by atoms with van der Waals surface area (Å²) >= 11 is 0. The smallest absolute Gasteiger partial charge is 0.264 e. The number of fused-ring (bicyclic) bond motifs is 8. The van der Waals surface area contributed by atoms with Crippen LogP contribution in [0, 0.1) is 0 Å². The first-order chi connectivity index (χ1) is 17.7. The number of pyridine rings is 2. The number of imidazole rings is 2. The van der Waals surface area contributed by atoms with Gasteiger partial charge in [-0.3, -0.25) is 18.4 Å². The Labute approximate surface area is 207 Å². The second-order valence-electron chi connectivity index (χ2n) is 10.8. The van der Waals surface area contributed by atoms with Crippen LogP contribution in [-0.2, 0) is 25.7 Å². The molecule has 6 nitrogen and oxygen atoms in total. The van der Waals surface area contributed by atoms with E-state index >= 15 is 0 Å². The highest BCUT2D eigenvalue weighted by Gasteiger charge is 2.25. The number of rotatable bonds is 0. The standard InChI is InChI=1S/C30H28N4O2/c35-29-19-16-14-18-26-20(30(36)34-24-12-8-4-2-6-10-22(24)32-28(18)34)15-13-17(25(19)26)27-31-21-9-5-1-3-7-11-23(21)33(27)29/h13-16H,1-12H2. The van der Waals surface area contributed by atoms with Crippen LogP contribution in [0.3, 0.4) is 0 Å². The molecule has 6 aromatic rings. The van der Waals surface area contributed by atoms with Crippen LogP contribution < -0.4 is 11.1 Å². The third kappa shape index (κ3) is 2.62. The van der Waals surface area contributed by atoms with E-state index in [4.69, 9.17) is 9.97 Å². The highest BCUT2D eigenvalue weighted by molar-refractivity contribution is 6.27. The van der Waals surface area contributed by atoms with Gasteiger partial charge in [0, 0.05) is 43.7 Å². The topological polar surface area (TPSA) is 68.7 Å². The minimum absolute atomic E-state index is 0.0100. The molecule has 0 fully saturated rings. The molecule has 0 radical (unpaired) electrons. The predicted octanol–water partition coefficient (Wildman–Crippen LogP) is 5.36. The normalized spacial score (nSPS) is 17.4. The Balaban J connectivity index is 1.54. The maximum atomic E-state index is 13.9. The molecule has 0 aliphatic heterocycles. The summed E-state index contributed by atoms with van der Waals surface area (Å²) in [5, 5.41) is 5.01. The van der Waals surface area contributed by atoms with Gasteiger partial charge in [0.1, 0.15) is 11.3 Å². The van der Waals surface area contributed by atoms with Crippen molar-refractivity contribution in [1.29, 1.82) is 0 Å². The molecule has 6 heteroatoms. The lowest BCUT2D eigenvalue weighted by molar-refractivity contribution is 0.604. The first-order valence-electron chi connectivity index (χ1n) is 13.6. The van der Waals surface area contributed by atoms with Crippen LogP contribution in [0.1, 0.15) is 74.1 Å². The van der Waals surface area contributed by atoms with Crippen molar-refractivity contribution in [3.63, 3.8) is 0 Å². The van der Waals surface area contributed by atoms with Crippen LogP contribution in [0.2, 0.25) is 0 Å². The third-order valence-electron chi connectivity index (χ3n) is 8.78. The van der Waals surface area contributed by atoms with E-state index in [0.29, 0.717) is 10.8 Å². The molecule has 8 rings (SSSR count). The van der Waals surface area contributed by atoms with Gasteiger partial charge >= 0.3 is 0 Å². The second kappa shape index (κ2) is 7.48. The maximum Gasteiger partial charge on any atom is 0.264 e. The zero-order valence-corrected chi connectivity index (χ0v) is 20.4. The fraction of sp³-hybridized carbons (Fsp3) is 0.400. The van der Waals surface area contributed by atoms with Gasteiger partial charge in [-0.05, 0) is 75.6 Å². The van der Waals surface area contributed by atoms with Gasteiger partial charge < -0.3 is 0 Å². The Kier molecular flexibility index (Phi) is 4.29. The summed E-state index contributed by atoms with van der Waals surface area (Å²) < 4.78 is 3.74. The van der Waals surface area contributed by atoms with Crippen LogP contribution >= 0.6 is 0 Å². The molecule has 2 aliphatic rings. The minimum Gasteiger partial charge on any atom is -0.268 e. The summed E-state index contributed by atoms with van der Waals surface area (Å²) in [6.07, 6.45) is 12.9. The van der Waals surface area contributed by atoms with Gasteiger partial charge in [0.25, 0.3) is 11.1 Å². The Morgan fingerprint density at radius 1 is 0.500 bits per heavy atom. The average molecular weight is 477 g/mol. The number of nitrogens with zero attached hydrogens (tertiary/aromatic N) is 4. The van der Waals surface area contributed by atoms with Crippen molar-refractivity contribution in [2.24, 2.45) is 0 Å². The van der Waals surface area contributed by atoms with E-state index < -0.39 is 0 Å². The summed E-state index contributed by atoms with van der Waals surface area (Å²) in [5.41, 5.74) is 5.78. The number of hydrogen-bond acceptors (Lipinski definition) is 4. The van der Waals surface area contributed by atoms with Crippen molar-refractivity contribution in [2.45, 2.75) is 77.0 Å². The molecule has 4 aromatic heterocycles. The molecule has 36 heavy (non-hydrogen) atoms. The minimum atomic E-state index is -0.0100. The molecular formula is C30H28N4O2. The monoisotopic (exact) mass is 476 g/mol. The molecule has 0 saturated heterocycles. The molecule has 2 aromatic carbocycles. The van der Waals surface area contributed by atoms with Crippen LogP contribution in [-0.4, -0.2) is 18.8 Å². The van der Waals surface area contributed by atoms with E-state index in [1.165, 1.54) is 25.7 Å². The van der Waals surface area contributed by atoms with Gasteiger partial charge in [-0.15, -0.1) is 0 Å². The van der Waals surface area contributed by atoms with Crippen molar-refractivity contribution in [3.8, 4) is 0 Å². The van der Waals surface area contributed by atoms with Gasteiger partial charge in [-0.1, -0.05) is 25.7 Å². The van der Waals surface area contributed by atoms with Crippen molar-refractivity contribution in [1.82, 2.24) is 18.8 Å². The largest absolute Gasteiger partial charge is 0.268 e. The van der Waals surface area contributed by atoms with E-state index in [1.807, 2.05) is 33.1 Å². The van der Waals surface area contributed by atoms with Crippen LogP contribution in [0.5, 0.6) is 0 Å². The molecule has 180 valence electrons. The fourth-order valence-electron chi connectivity index (χ4n) is 7.05. The zero-order chi connectivity index (χ0) is 24.0. The van der Waals surface area contributed by atoms with E-state index in [-0.39, 0.29) is 11.1 Å². The quantitative estimate of drug-likeness (QED) is 0.277. The predicted molar refractivity (Wildman–Crippen MR) is 143 cm³/mol.